The zero-order valence-electron chi connectivity index (χ0n) is 11.7. The first-order chi connectivity index (χ1) is 9.86. The lowest BCUT2D eigenvalue weighted by atomic mass is 10.2. The first-order valence-electron chi connectivity index (χ1n) is 6.97. The Balaban J connectivity index is 1.63. The number of aromatic nitrogens is 1. The molecule has 4 heteroatoms. The molecule has 1 fully saturated rings. The Bertz CT molecular complexity index is 533. The molecule has 0 saturated carbocycles. The molecule has 0 unspecified atom stereocenters. The van der Waals surface area contributed by atoms with Gasteiger partial charge in [-0.15, -0.1) is 0 Å². The summed E-state index contributed by atoms with van der Waals surface area (Å²) >= 11 is 0. The standard InChI is InChI=1S/C16H19N3O/c1-20-15-7-5-14(6-8-15)18-10-12-19(13-11-18)16-4-2-3-9-17-16/h2-9H,10-13H2,1H3/p+1. The van der Waals surface area contributed by atoms with E-state index in [1.54, 1.807) is 7.11 Å². The van der Waals surface area contributed by atoms with Gasteiger partial charge in [0.15, 0.2) is 0 Å². The van der Waals surface area contributed by atoms with Crippen molar-refractivity contribution in [1.29, 1.82) is 0 Å². The fourth-order valence-corrected chi connectivity index (χ4v) is 2.58. The molecular formula is C16H20N3O+. The second kappa shape index (κ2) is 5.82. The zero-order chi connectivity index (χ0) is 13.8. The van der Waals surface area contributed by atoms with Crippen LogP contribution in [-0.2, 0) is 0 Å². The van der Waals surface area contributed by atoms with Gasteiger partial charge in [0, 0.05) is 11.8 Å². The number of ether oxygens (including phenoxy) is 1. The van der Waals surface area contributed by atoms with E-state index in [4.69, 9.17) is 4.74 Å². The maximum Gasteiger partial charge on any atom is 0.274 e. The minimum atomic E-state index is 0.909. The van der Waals surface area contributed by atoms with Gasteiger partial charge in [0.05, 0.1) is 26.4 Å². The highest BCUT2D eigenvalue weighted by Gasteiger charge is 2.23. The summed E-state index contributed by atoms with van der Waals surface area (Å²) < 4.78 is 5.20. The molecule has 1 aromatic carbocycles. The molecule has 104 valence electrons. The molecule has 2 heterocycles. The van der Waals surface area contributed by atoms with E-state index in [1.165, 1.54) is 11.5 Å². The van der Waals surface area contributed by atoms with Crippen molar-refractivity contribution < 1.29 is 9.72 Å². The van der Waals surface area contributed by atoms with Gasteiger partial charge < -0.3 is 9.64 Å². The molecule has 4 nitrogen and oxygen atoms in total. The summed E-state index contributed by atoms with van der Waals surface area (Å²) in [5.41, 5.74) is 1.27. The summed E-state index contributed by atoms with van der Waals surface area (Å²) in [5, 5.41) is 0. The maximum atomic E-state index is 5.20. The number of benzene rings is 1. The Morgan fingerprint density at radius 3 is 2.20 bits per heavy atom. The third-order valence-corrected chi connectivity index (χ3v) is 3.75. The van der Waals surface area contributed by atoms with E-state index in [0.29, 0.717) is 0 Å². The number of methoxy groups -OCH3 is 1. The number of hydrogen-bond donors (Lipinski definition) is 0. The quantitative estimate of drug-likeness (QED) is 0.852. The van der Waals surface area contributed by atoms with Crippen LogP contribution in [0.2, 0.25) is 0 Å². The van der Waals surface area contributed by atoms with Crippen molar-refractivity contribution in [2.24, 2.45) is 0 Å². The van der Waals surface area contributed by atoms with Crippen LogP contribution in [0.1, 0.15) is 0 Å². The topological polar surface area (TPSA) is 29.9 Å². The Kier molecular flexibility index (Phi) is 3.72. The summed E-state index contributed by atoms with van der Waals surface area (Å²) in [4.78, 5) is 8.10. The highest BCUT2D eigenvalue weighted by atomic mass is 16.5. The average Bonchev–Trinajstić information content (AvgIpc) is 2.56. The number of nitrogens with one attached hydrogen (secondary N) is 1. The number of aromatic amines is 1. The molecule has 0 bridgehead atoms. The third kappa shape index (κ3) is 2.69. The van der Waals surface area contributed by atoms with E-state index in [-0.39, 0.29) is 0 Å². The van der Waals surface area contributed by atoms with Gasteiger partial charge >= 0.3 is 0 Å². The molecular weight excluding hydrogens is 250 g/mol. The Hall–Kier alpha value is -2.23. The molecule has 1 saturated heterocycles. The van der Waals surface area contributed by atoms with Crippen LogP contribution in [0, 0.1) is 0 Å². The van der Waals surface area contributed by atoms with Crippen LogP contribution in [-0.4, -0.2) is 33.3 Å². The first kappa shape index (κ1) is 12.8. The molecule has 2 aromatic rings. The Labute approximate surface area is 119 Å². The maximum absolute atomic E-state index is 5.20. The van der Waals surface area contributed by atoms with Gasteiger partial charge in [0.2, 0.25) is 0 Å². The second-order valence-electron chi connectivity index (χ2n) is 4.92. The lowest BCUT2D eigenvalue weighted by Gasteiger charge is -2.32. The van der Waals surface area contributed by atoms with Crippen molar-refractivity contribution in [3.63, 3.8) is 0 Å². The zero-order valence-corrected chi connectivity index (χ0v) is 11.7. The lowest BCUT2D eigenvalue weighted by molar-refractivity contribution is -0.364. The first-order valence-corrected chi connectivity index (χ1v) is 6.97. The minimum Gasteiger partial charge on any atom is -0.497 e. The number of hydrogen-bond acceptors (Lipinski definition) is 3. The van der Waals surface area contributed by atoms with Crippen molar-refractivity contribution in [2.75, 3.05) is 43.1 Å². The van der Waals surface area contributed by atoms with Crippen LogP contribution in [0.5, 0.6) is 5.75 Å². The predicted molar refractivity (Wildman–Crippen MR) is 80.4 cm³/mol. The fraction of sp³-hybridized carbons (Fsp3) is 0.312. The van der Waals surface area contributed by atoms with Crippen LogP contribution in [0.3, 0.4) is 0 Å². The second-order valence-corrected chi connectivity index (χ2v) is 4.92. The van der Waals surface area contributed by atoms with E-state index in [1.807, 2.05) is 24.4 Å². The smallest absolute Gasteiger partial charge is 0.274 e. The Morgan fingerprint density at radius 2 is 1.60 bits per heavy atom. The summed E-state index contributed by atoms with van der Waals surface area (Å²) in [6.07, 6.45) is 1.98. The molecule has 1 N–H and O–H groups in total. The molecule has 0 spiro atoms. The Morgan fingerprint density at radius 1 is 0.900 bits per heavy atom. The van der Waals surface area contributed by atoms with Gasteiger partial charge in [-0.25, -0.2) is 4.98 Å². The van der Waals surface area contributed by atoms with Crippen molar-refractivity contribution in [3.05, 3.63) is 48.7 Å². The molecule has 0 amide bonds. The summed E-state index contributed by atoms with van der Waals surface area (Å²) in [6, 6.07) is 14.5. The minimum absolute atomic E-state index is 0.909. The molecule has 20 heavy (non-hydrogen) atoms. The van der Waals surface area contributed by atoms with Gasteiger partial charge in [-0.3, -0.25) is 4.90 Å². The summed E-state index contributed by atoms with van der Waals surface area (Å²) in [7, 11) is 1.70. The molecule has 1 aromatic heterocycles. The highest BCUT2D eigenvalue weighted by molar-refractivity contribution is 5.50. The van der Waals surface area contributed by atoms with E-state index < -0.39 is 0 Å². The largest absolute Gasteiger partial charge is 0.497 e. The van der Waals surface area contributed by atoms with Crippen molar-refractivity contribution in [1.82, 2.24) is 0 Å². The molecule has 1 aliphatic heterocycles. The van der Waals surface area contributed by atoms with Crippen molar-refractivity contribution >= 4 is 11.5 Å². The third-order valence-electron chi connectivity index (χ3n) is 3.75. The average molecular weight is 270 g/mol. The predicted octanol–water partition coefficient (Wildman–Crippen LogP) is 1.84. The highest BCUT2D eigenvalue weighted by Crippen LogP contribution is 2.21. The molecule has 3 rings (SSSR count). The SMILES string of the molecule is COc1ccc(N2CCN(c3cccc[nH+]3)CC2)cc1. The molecule has 1 aliphatic rings. The van der Waals surface area contributed by atoms with Crippen LogP contribution < -0.4 is 19.5 Å². The van der Waals surface area contributed by atoms with Gasteiger partial charge in [-0.2, -0.15) is 0 Å². The van der Waals surface area contributed by atoms with E-state index in [9.17, 15) is 0 Å². The number of rotatable bonds is 3. The van der Waals surface area contributed by atoms with Crippen LogP contribution in [0.15, 0.2) is 48.7 Å². The van der Waals surface area contributed by atoms with Gasteiger partial charge in [0.1, 0.15) is 18.8 Å². The van der Waals surface area contributed by atoms with E-state index >= 15 is 0 Å². The van der Waals surface area contributed by atoms with Gasteiger partial charge in [0.25, 0.3) is 5.82 Å². The summed E-state index contributed by atoms with van der Waals surface area (Å²) in [5.74, 6) is 2.10. The van der Waals surface area contributed by atoms with Crippen molar-refractivity contribution in [3.8, 4) is 5.75 Å². The lowest BCUT2D eigenvalue weighted by Crippen LogP contribution is -2.48. The van der Waals surface area contributed by atoms with E-state index in [0.717, 1.165) is 31.9 Å². The fourth-order valence-electron chi connectivity index (χ4n) is 2.58. The van der Waals surface area contributed by atoms with Crippen LogP contribution in [0.4, 0.5) is 11.5 Å². The number of nitrogens with zero attached hydrogens (tertiary/aromatic N) is 2. The molecule has 0 atom stereocenters. The number of pyridine rings is 1. The molecule has 0 radical (unpaired) electrons. The van der Waals surface area contributed by atoms with E-state index in [2.05, 4.69) is 39.0 Å². The van der Waals surface area contributed by atoms with Crippen molar-refractivity contribution in [2.45, 2.75) is 0 Å². The van der Waals surface area contributed by atoms with Gasteiger partial charge in [-0.1, -0.05) is 6.07 Å². The van der Waals surface area contributed by atoms with Crippen LogP contribution >= 0.6 is 0 Å². The summed E-state index contributed by atoms with van der Waals surface area (Å²) in [6.45, 7) is 4.14. The van der Waals surface area contributed by atoms with Crippen LogP contribution in [0.25, 0.3) is 0 Å². The number of H-pyrrole nitrogens is 1. The monoisotopic (exact) mass is 270 g/mol. The number of anilines is 2. The molecule has 0 aliphatic carbocycles. The normalized spacial score (nSPS) is 15.2. The van der Waals surface area contributed by atoms with Gasteiger partial charge in [-0.05, 0) is 30.3 Å². The number of piperazine rings is 1.